The van der Waals surface area contributed by atoms with Crippen LogP contribution < -0.4 is 5.32 Å². The maximum atomic E-state index is 12.6. The van der Waals surface area contributed by atoms with Crippen molar-refractivity contribution in [1.82, 2.24) is 10.2 Å². The molecule has 2 heterocycles. The van der Waals surface area contributed by atoms with Crippen molar-refractivity contribution in [2.45, 2.75) is 51.2 Å². The molecule has 2 amide bonds. The summed E-state index contributed by atoms with van der Waals surface area (Å²) < 4.78 is 5.41. The van der Waals surface area contributed by atoms with Crippen LogP contribution in [0.5, 0.6) is 0 Å². The Morgan fingerprint density at radius 2 is 2.09 bits per heavy atom. The third-order valence-electron chi connectivity index (χ3n) is 4.61. The molecule has 2 fully saturated rings. The number of amides is 2. The zero-order valence-corrected chi connectivity index (χ0v) is 13.6. The molecule has 5 heteroatoms. The Bertz CT molecular complexity index is 564. The number of aryl methyl sites for hydroxylation is 1. The Kier molecular flexibility index (Phi) is 4.96. The topological polar surface area (TPSA) is 58.6 Å². The molecule has 2 aliphatic rings. The fraction of sp³-hybridized carbons (Fsp3) is 0.556. The zero-order valence-electron chi connectivity index (χ0n) is 13.6. The van der Waals surface area contributed by atoms with E-state index in [0.717, 1.165) is 25.0 Å². The molecular formula is C18H24N2O3. The van der Waals surface area contributed by atoms with Crippen LogP contribution in [0.3, 0.4) is 0 Å². The second kappa shape index (κ2) is 7.13. The van der Waals surface area contributed by atoms with E-state index in [1.165, 1.54) is 5.56 Å². The van der Waals surface area contributed by atoms with Gasteiger partial charge < -0.3 is 15.0 Å². The van der Waals surface area contributed by atoms with Crippen LogP contribution in [0.15, 0.2) is 24.3 Å². The molecule has 2 saturated heterocycles. The summed E-state index contributed by atoms with van der Waals surface area (Å²) in [6.45, 7) is 3.88. The minimum absolute atomic E-state index is 0.0431. The number of benzene rings is 1. The Morgan fingerprint density at radius 3 is 2.78 bits per heavy atom. The number of hydrogen-bond acceptors (Lipinski definition) is 3. The van der Waals surface area contributed by atoms with Crippen LogP contribution in [0.1, 0.15) is 36.8 Å². The van der Waals surface area contributed by atoms with Crippen molar-refractivity contribution in [1.29, 1.82) is 0 Å². The molecule has 3 rings (SSSR count). The van der Waals surface area contributed by atoms with Crippen LogP contribution >= 0.6 is 0 Å². The molecule has 5 nitrogen and oxygen atoms in total. The highest BCUT2D eigenvalue weighted by atomic mass is 16.5. The molecule has 1 N–H and O–H groups in total. The fourth-order valence-electron chi connectivity index (χ4n) is 3.25. The standard InChI is InChI=1S/C18H24N2O3/c1-13-4-6-14(7-5-13)11-20-16(8-9-17(20)21)18(22)19-15-3-2-10-23-12-15/h4-7,15-16H,2-3,8-12H2,1H3,(H,19,22)/t15-,16-/m1/s1. The number of hydrogen-bond donors (Lipinski definition) is 1. The van der Waals surface area contributed by atoms with E-state index in [1.807, 2.05) is 31.2 Å². The van der Waals surface area contributed by atoms with Crippen molar-refractivity contribution in [3.8, 4) is 0 Å². The SMILES string of the molecule is Cc1ccc(CN2C(=O)CC[C@@H]2C(=O)N[C@@H]2CCCOC2)cc1. The molecule has 0 saturated carbocycles. The third-order valence-corrected chi connectivity index (χ3v) is 4.61. The molecule has 1 aromatic carbocycles. The minimum Gasteiger partial charge on any atom is -0.379 e. The van der Waals surface area contributed by atoms with Crippen molar-refractivity contribution in [3.63, 3.8) is 0 Å². The van der Waals surface area contributed by atoms with Crippen molar-refractivity contribution in [3.05, 3.63) is 35.4 Å². The van der Waals surface area contributed by atoms with E-state index in [4.69, 9.17) is 4.74 Å². The van der Waals surface area contributed by atoms with Gasteiger partial charge in [-0.05, 0) is 31.7 Å². The van der Waals surface area contributed by atoms with Gasteiger partial charge in [-0.15, -0.1) is 0 Å². The predicted molar refractivity (Wildman–Crippen MR) is 86.7 cm³/mol. The van der Waals surface area contributed by atoms with Gasteiger partial charge in [-0.25, -0.2) is 0 Å². The summed E-state index contributed by atoms with van der Waals surface area (Å²) in [7, 11) is 0. The summed E-state index contributed by atoms with van der Waals surface area (Å²) in [4.78, 5) is 26.4. The summed E-state index contributed by atoms with van der Waals surface area (Å²) in [5, 5.41) is 3.05. The van der Waals surface area contributed by atoms with Gasteiger partial charge in [-0.3, -0.25) is 9.59 Å². The average Bonchev–Trinajstić information content (AvgIpc) is 2.92. The zero-order chi connectivity index (χ0) is 16.2. The first-order valence-electron chi connectivity index (χ1n) is 8.36. The molecule has 0 bridgehead atoms. The van der Waals surface area contributed by atoms with E-state index >= 15 is 0 Å². The van der Waals surface area contributed by atoms with Crippen LogP contribution in [-0.2, 0) is 20.9 Å². The highest BCUT2D eigenvalue weighted by Gasteiger charge is 2.36. The van der Waals surface area contributed by atoms with E-state index in [1.54, 1.807) is 4.90 Å². The summed E-state index contributed by atoms with van der Waals surface area (Å²) >= 11 is 0. The quantitative estimate of drug-likeness (QED) is 0.921. The Labute approximate surface area is 137 Å². The van der Waals surface area contributed by atoms with Crippen LogP contribution in [0, 0.1) is 6.92 Å². The number of carbonyl (C=O) groups excluding carboxylic acids is 2. The molecule has 0 spiro atoms. The van der Waals surface area contributed by atoms with Gasteiger partial charge in [0.15, 0.2) is 0 Å². The lowest BCUT2D eigenvalue weighted by atomic mass is 10.1. The molecule has 0 aromatic heterocycles. The molecule has 1 aromatic rings. The number of likely N-dealkylation sites (tertiary alicyclic amines) is 1. The van der Waals surface area contributed by atoms with Crippen molar-refractivity contribution in [2.75, 3.05) is 13.2 Å². The van der Waals surface area contributed by atoms with E-state index < -0.39 is 0 Å². The van der Waals surface area contributed by atoms with Gasteiger partial charge in [-0.2, -0.15) is 0 Å². The normalized spacial score (nSPS) is 24.7. The van der Waals surface area contributed by atoms with Gasteiger partial charge in [0.05, 0.1) is 12.6 Å². The van der Waals surface area contributed by atoms with Gasteiger partial charge in [0.2, 0.25) is 11.8 Å². The number of rotatable bonds is 4. The minimum atomic E-state index is -0.356. The smallest absolute Gasteiger partial charge is 0.243 e. The van der Waals surface area contributed by atoms with Crippen LogP contribution in [0.4, 0.5) is 0 Å². The summed E-state index contributed by atoms with van der Waals surface area (Å²) in [5.74, 6) is 0.0177. The molecule has 0 aliphatic carbocycles. The second-order valence-corrected chi connectivity index (χ2v) is 6.48. The predicted octanol–water partition coefficient (Wildman–Crippen LogP) is 1.78. The monoisotopic (exact) mass is 316 g/mol. The van der Waals surface area contributed by atoms with E-state index in [2.05, 4.69) is 5.32 Å². The average molecular weight is 316 g/mol. The number of carbonyl (C=O) groups is 2. The van der Waals surface area contributed by atoms with Gasteiger partial charge >= 0.3 is 0 Å². The van der Waals surface area contributed by atoms with E-state index in [9.17, 15) is 9.59 Å². The lowest BCUT2D eigenvalue weighted by Crippen LogP contribution is -2.49. The Hall–Kier alpha value is -1.88. The highest BCUT2D eigenvalue weighted by Crippen LogP contribution is 2.22. The van der Waals surface area contributed by atoms with Gasteiger partial charge in [0.1, 0.15) is 6.04 Å². The Balaban J connectivity index is 1.64. The summed E-state index contributed by atoms with van der Waals surface area (Å²) in [6, 6.07) is 7.82. The molecular weight excluding hydrogens is 292 g/mol. The van der Waals surface area contributed by atoms with Crippen molar-refractivity contribution >= 4 is 11.8 Å². The van der Waals surface area contributed by atoms with Gasteiger partial charge in [-0.1, -0.05) is 29.8 Å². The first kappa shape index (κ1) is 16.0. The largest absolute Gasteiger partial charge is 0.379 e. The summed E-state index contributed by atoms with van der Waals surface area (Å²) in [6.07, 6.45) is 2.97. The molecule has 2 atom stereocenters. The first-order chi connectivity index (χ1) is 11.1. The third kappa shape index (κ3) is 3.91. The van der Waals surface area contributed by atoms with Gasteiger partial charge in [0, 0.05) is 19.6 Å². The molecule has 23 heavy (non-hydrogen) atoms. The van der Waals surface area contributed by atoms with Gasteiger partial charge in [0.25, 0.3) is 0 Å². The molecule has 2 aliphatic heterocycles. The molecule has 124 valence electrons. The highest BCUT2D eigenvalue weighted by molar-refractivity contribution is 5.91. The lowest BCUT2D eigenvalue weighted by molar-refractivity contribution is -0.136. The molecule has 0 radical (unpaired) electrons. The maximum Gasteiger partial charge on any atom is 0.243 e. The van der Waals surface area contributed by atoms with E-state index in [-0.39, 0.29) is 23.9 Å². The van der Waals surface area contributed by atoms with Crippen LogP contribution in [0.2, 0.25) is 0 Å². The lowest BCUT2D eigenvalue weighted by Gasteiger charge is -2.28. The molecule has 0 unspecified atom stereocenters. The maximum absolute atomic E-state index is 12.6. The van der Waals surface area contributed by atoms with Crippen LogP contribution in [0.25, 0.3) is 0 Å². The fourth-order valence-corrected chi connectivity index (χ4v) is 3.25. The van der Waals surface area contributed by atoms with E-state index in [0.29, 0.717) is 26.0 Å². The number of ether oxygens (including phenoxy) is 1. The Morgan fingerprint density at radius 1 is 1.30 bits per heavy atom. The summed E-state index contributed by atoms with van der Waals surface area (Å²) in [5.41, 5.74) is 2.25. The van der Waals surface area contributed by atoms with Crippen molar-refractivity contribution in [2.24, 2.45) is 0 Å². The second-order valence-electron chi connectivity index (χ2n) is 6.48. The van der Waals surface area contributed by atoms with Crippen LogP contribution in [-0.4, -0.2) is 42.0 Å². The first-order valence-corrected chi connectivity index (χ1v) is 8.36. The number of nitrogens with zero attached hydrogens (tertiary/aromatic N) is 1. The number of nitrogens with one attached hydrogen (secondary N) is 1. The van der Waals surface area contributed by atoms with Crippen molar-refractivity contribution < 1.29 is 14.3 Å².